The zero-order valence-corrected chi connectivity index (χ0v) is 17.5. The van der Waals surface area contributed by atoms with Gasteiger partial charge in [0.1, 0.15) is 18.1 Å². The standard InChI is InChI=1S/C21H28ClN5O/c1-4-7-11-17-21(28)27(13-15-9-8-10-16(22)12-15)18-19(25-17)23-14-24-20(18)26(5-2)6-3/h8-10,12,14,17H,4-7,11,13H2,1-3H3,(H,23,24,25)/t17-/m0/s1. The van der Waals surface area contributed by atoms with Gasteiger partial charge < -0.3 is 10.2 Å². The predicted octanol–water partition coefficient (Wildman–Crippen LogP) is 4.49. The molecule has 1 amide bonds. The number of hydrogen-bond acceptors (Lipinski definition) is 5. The second-order valence-corrected chi connectivity index (χ2v) is 7.40. The first-order valence-electron chi connectivity index (χ1n) is 10.0. The number of carbonyl (C=O) groups is 1. The summed E-state index contributed by atoms with van der Waals surface area (Å²) in [6, 6.07) is 7.37. The number of benzene rings is 1. The molecule has 0 aliphatic carbocycles. The van der Waals surface area contributed by atoms with Crippen molar-refractivity contribution in [3.63, 3.8) is 0 Å². The summed E-state index contributed by atoms with van der Waals surface area (Å²) >= 11 is 6.17. The van der Waals surface area contributed by atoms with Crippen LogP contribution in [0.15, 0.2) is 30.6 Å². The highest BCUT2D eigenvalue weighted by atomic mass is 35.5. The van der Waals surface area contributed by atoms with Crippen molar-refractivity contribution in [2.45, 2.75) is 52.6 Å². The fourth-order valence-electron chi connectivity index (χ4n) is 3.58. The van der Waals surface area contributed by atoms with Crippen molar-refractivity contribution in [3.05, 3.63) is 41.2 Å². The van der Waals surface area contributed by atoms with Crippen LogP contribution in [-0.4, -0.2) is 35.0 Å². The predicted molar refractivity (Wildman–Crippen MR) is 115 cm³/mol. The molecule has 1 atom stereocenters. The smallest absolute Gasteiger partial charge is 0.250 e. The fraction of sp³-hybridized carbons (Fsp3) is 0.476. The molecule has 1 aromatic heterocycles. The second kappa shape index (κ2) is 9.24. The Labute approximate surface area is 171 Å². The second-order valence-electron chi connectivity index (χ2n) is 6.96. The number of rotatable bonds is 8. The Bertz CT molecular complexity index is 824. The van der Waals surface area contributed by atoms with Crippen molar-refractivity contribution in [1.29, 1.82) is 0 Å². The fourth-order valence-corrected chi connectivity index (χ4v) is 3.79. The van der Waals surface area contributed by atoms with Crippen molar-refractivity contribution in [1.82, 2.24) is 9.97 Å². The maximum atomic E-state index is 13.4. The first-order valence-corrected chi connectivity index (χ1v) is 10.4. The topological polar surface area (TPSA) is 61.4 Å². The van der Waals surface area contributed by atoms with Crippen LogP contribution >= 0.6 is 11.6 Å². The van der Waals surface area contributed by atoms with Gasteiger partial charge in [-0.2, -0.15) is 0 Å². The Morgan fingerprint density at radius 2 is 2.00 bits per heavy atom. The summed E-state index contributed by atoms with van der Waals surface area (Å²) in [6.45, 7) is 8.35. The van der Waals surface area contributed by atoms with E-state index in [0.717, 1.165) is 55.2 Å². The van der Waals surface area contributed by atoms with E-state index in [4.69, 9.17) is 11.6 Å². The number of anilines is 3. The van der Waals surface area contributed by atoms with Gasteiger partial charge in [0.15, 0.2) is 11.6 Å². The molecule has 0 bridgehead atoms. The average Bonchev–Trinajstić information content (AvgIpc) is 2.70. The summed E-state index contributed by atoms with van der Waals surface area (Å²) < 4.78 is 0. The largest absolute Gasteiger partial charge is 0.356 e. The van der Waals surface area contributed by atoms with Gasteiger partial charge in [-0.25, -0.2) is 9.97 Å². The highest BCUT2D eigenvalue weighted by Crippen LogP contribution is 2.39. The number of fused-ring (bicyclic) bond motifs is 1. The first kappa shape index (κ1) is 20.4. The number of amides is 1. The lowest BCUT2D eigenvalue weighted by atomic mass is 10.0. The molecule has 1 aliphatic heterocycles. The number of nitrogens with one attached hydrogen (secondary N) is 1. The number of halogens is 1. The maximum absolute atomic E-state index is 13.4. The Hall–Kier alpha value is -2.34. The highest BCUT2D eigenvalue weighted by Gasteiger charge is 2.36. The van der Waals surface area contributed by atoms with E-state index in [0.29, 0.717) is 11.6 Å². The molecule has 150 valence electrons. The van der Waals surface area contributed by atoms with Crippen LogP contribution in [0.1, 0.15) is 45.6 Å². The van der Waals surface area contributed by atoms with Gasteiger partial charge in [-0.05, 0) is 38.0 Å². The third kappa shape index (κ3) is 4.22. The highest BCUT2D eigenvalue weighted by molar-refractivity contribution is 6.30. The molecule has 0 spiro atoms. The minimum atomic E-state index is -0.272. The summed E-state index contributed by atoms with van der Waals surface area (Å²) in [4.78, 5) is 26.3. The molecule has 0 fully saturated rings. The Morgan fingerprint density at radius 1 is 1.21 bits per heavy atom. The van der Waals surface area contributed by atoms with Gasteiger partial charge in [0.05, 0.1) is 6.54 Å². The Kier molecular flexibility index (Phi) is 6.73. The lowest BCUT2D eigenvalue weighted by Gasteiger charge is -2.37. The van der Waals surface area contributed by atoms with Crippen molar-refractivity contribution in [2.24, 2.45) is 0 Å². The van der Waals surface area contributed by atoms with Gasteiger partial charge in [0.2, 0.25) is 5.91 Å². The van der Waals surface area contributed by atoms with Crippen LogP contribution in [0.2, 0.25) is 5.02 Å². The van der Waals surface area contributed by atoms with Gasteiger partial charge in [-0.15, -0.1) is 0 Å². The van der Waals surface area contributed by atoms with E-state index in [9.17, 15) is 4.79 Å². The molecular formula is C21H28ClN5O. The summed E-state index contributed by atoms with van der Waals surface area (Å²) in [7, 11) is 0. The summed E-state index contributed by atoms with van der Waals surface area (Å²) in [6.07, 6.45) is 4.38. The molecule has 0 saturated carbocycles. The Morgan fingerprint density at radius 3 is 2.68 bits per heavy atom. The molecular weight excluding hydrogens is 374 g/mol. The number of aromatic nitrogens is 2. The molecule has 0 saturated heterocycles. The zero-order chi connectivity index (χ0) is 20.1. The summed E-state index contributed by atoms with van der Waals surface area (Å²) in [5.74, 6) is 1.57. The van der Waals surface area contributed by atoms with Gasteiger partial charge in [-0.3, -0.25) is 9.69 Å². The van der Waals surface area contributed by atoms with Gasteiger partial charge >= 0.3 is 0 Å². The first-order chi connectivity index (χ1) is 13.6. The molecule has 28 heavy (non-hydrogen) atoms. The van der Waals surface area contributed by atoms with Crippen LogP contribution in [0.5, 0.6) is 0 Å². The van der Waals surface area contributed by atoms with Crippen molar-refractivity contribution < 1.29 is 4.79 Å². The van der Waals surface area contributed by atoms with E-state index in [1.165, 1.54) is 0 Å². The lowest BCUT2D eigenvalue weighted by Crippen LogP contribution is -2.48. The van der Waals surface area contributed by atoms with Crippen LogP contribution in [0.3, 0.4) is 0 Å². The minimum absolute atomic E-state index is 0.0594. The summed E-state index contributed by atoms with van der Waals surface area (Å²) in [5, 5.41) is 4.02. The van der Waals surface area contributed by atoms with Crippen LogP contribution in [0.25, 0.3) is 0 Å². The van der Waals surface area contributed by atoms with E-state index in [2.05, 4.69) is 41.0 Å². The van der Waals surface area contributed by atoms with Crippen molar-refractivity contribution in [2.75, 3.05) is 28.2 Å². The van der Waals surface area contributed by atoms with E-state index in [1.54, 1.807) is 6.33 Å². The quantitative estimate of drug-likeness (QED) is 0.705. The van der Waals surface area contributed by atoms with E-state index in [1.807, 2.05) is 29.2 Å². The lowest BCUT2D eigenvalue weighted by molar-refractivity contribution is -0.119. The van der Waals surface area contributed by atoms with E-state index in [-0.39, 0.29) is 11.9 Å². The number of unbranched alkanes of at least 4 members (excludes halogenated alkanes) is 1. The van der Waals surface area contributed by atoms with Gasteiger partial charge in [0, 0.05) is 18.1 Å². The molecule has 7 heteroatoms. The average molecular weight is 402 g/mol. The van der Waals surface area contributed by atoms with Gasteiger partial charge in [-0.1, -0.05) is 43.5 Å². The normalized spacial score (nSPS) is 15.9. The maximum Gasteiger partial charge on any atom is 0.250 e. The molecule has 2 aromatic rings. The molecule has 1 aliphatic rings. The third-order valence-corrected chi connectivity index (χ3v) is 5.32. The monoisotopic (exact) mass is 401 g/mol. The molecule has 1 N–H and O–H groups in total. The molecule has 2 heterocycles. The van der Waals surface area contributed by atoms with Crippen molar-refractivity contribution in [3.8, 4) is 0 Å². The van der Waals surface area contributed by atoms with Crippen LogP contribution < -0.4 is 15.1 Å². The number of carbonyl (C=O) groups excluding carboxylic acids is 1. The molecule has 0 radical (unpaired) electrons. The van der Waals surface area contributed by atoms with E-state index < -0.39 is 0 Å². The molecule has 1 aromatic carbocycles. The van der Waals surface area contributed by atoms with E-state index >= 15 is 0 Å². The molecule has 0 unspecified atom stereocenters. The number of hydrogen-bond donors (Lipinski definition) is 1. The summed E-state index contributed by atoms with van der Waals surface area (Å²) in [5.41, 5.74) is 1.74. The van der Waals surface area contributed by atoms with Gasteiger partial charge in [0.25, 0.3) is 0 Å². The van der Waals surface area contributed by atoms with Crippen LogP contribution in [0.4, 0.5) is 17.3 Å². The van der Waals surface area contributed by atoms with Crippen molar-refractivity contribution >= 4 is 34.8 Å². The Balaban J connectivity index is 2.05. The van der Waals surface area contributed by atoms with Crippen LogP contribution in [0, 0.1) is 0 Å². The van der Waals surface area contributed by atoms with Crippen LogP contribution in [-0.2, 0) is 11.3 Å². The third-order valence-electron chi connectivity index (χ3n) is 5.09. The zero-order valence-electron chi connectivity index (χ0n) is 16.8. The molecule has 6 nitrogen and oxygen atoms in total. The SMILES string of the molecule is CCCC[C@@H]1Nc2ncnc(N(CC)CC)c2N(Cc2cccc(Cl)c2)C1=O. The minimum Gasteiger partial charge on any atom is -0.356 e. The number of nitrogens with zero attached hydrogens (tertiary/aromatic N) is 4. The molecule has 3 rings (SSSR count).